The molecule has 0 aromatic heterocycles. The maximum Gasteiger partial charge on any atom is 0.251 e. The SMILES string of the molecule is CCOc1cc(N)cc(C(=O)NC2(CC)CCC2)c1. The van der Waals surface area contributed by atoms with Gasteiger partial charge in [-0.2, -0.15) is 0 Å². The van der Waals surface area contributed by atoms with Crippen molar-refractivity contribution in [3.8, 4) is 5.75 Å². The molecular formula is C15H22N2O2. The molecule has 0 bridgehead atoms. The molecule has 0 radical (unpaired) electrons. The van der Waals surface area contributed by atoms with Gasteiger partial charge in [0.15, 0.2) is 0 Å². The van der Waals surface area contributed by atoms with Crippen LogP contribution < -0.4 is 15.8 Å². The predicted molar refractivity (Wildman–Crippen MR) is 76.4 cm³/mol. The highest BCUT2D eigenvalue weighted by atomic mass is 16.5. The van der Waals surface area contributed by atoms with Crippen LogP contribution in [0.25, 0.3) is 0 Å². The van der Waals surface area contributed by atoms with Crippen LogP contribution in [-0.4, -0.2) is 18.1 Å². The monoisotopic (exact) mass is 262 g/mol. The van der Waals surface area contributed by atoms with Crippen molar-refractivity contribution in [1.29, 1.82) is 0 Å². The van der Waals surface area contributed by atoms with Gasteiger partial charge in [0.2, 0.25) is 0 Å². The molecule has 0 aliphatic heterocycles. The number of amides is 1. The third-order valence-corrected chi connectivity index (χ3v) is 3.87. The van der Waals surface area contributed by atoms with Gasteiger partial charge in [-0.3, -0.25) is 4.79 Å². The molecule has 0 unspecified atom stereocenters. The smallest absolute Gasteiger partial charge is 0.251 e. The Morgan fingerprint density at radius 3 is 2.63 bits per heavy atom. The van der Waals surface area contributed by atoms with E-state index in [0.29, 0.717) is 23.6 Å². The highest BCUT2D eigenvalue weighted by molar-refractivity contribution is 5.96. The minimum absolute atomic E-state index is 0.00648. The topological polar surface area (TPSA) is 64.3 Å². The molecule has 0 saturated heterocycles. The summed E-state index contributed by atoms with van der Waals surface area (Å²) in [6.45, 7) is 4.58. The van der Waals surface area contributed by atoms with Crippen LogP contribution in [0.3, 0.4) is 0 Å². The molecule has 1 aromatic rings. The largest absolute Gasteiger partial charge is 0.494 e. The maximum absolute atomic E-state index is 12.3. The van der Waals surface area contributed by atoms with Gasteiger partial charge in [0.25, 0.3) is 5.91 Å². The average Bonchev–Trinajstić information content (AvgIpc) is 2.33. The van der Waals surface area contributed by atoms with Gasteiger partial charge in [0.05, 0.1) is 6.61 Å². The van der Waals surface area contributed by atoms with Gasteiger partial charge in [0, 0.05) is 22.9 Å². The predicted octanol–water partition coefficient (Wildman–Crippen LogP) is 2.73. The third-order valence-electron chi connectivity index (χ3n) is 3.87. The van der Waals surface area contributed by atoms with Crippen molar-refractivity contribution in [2.24, 2.45) is 0 Å². The van der Waals surface area contributed by atoms with Crippen molar-refractivity contribution < 1.29 is 9.53 Å². The molecule has 1 saturated carbocycles. The zero-order valence-electron chi connectivity index (χ0n) is 11.7. The molecule has 0 atom stereocenters. The fourth-order valence-electron chi connectivity index (χ4n) is 2.49. The summed E-state index contributed by atoms with van der Waals surface area (Å²) in [6.07, 6.45) is 4.29. The van der Waals surface area contributed by atoms with Crippen LogP contribution in [0.1, 0.15) is 49.9 Å². The summed E-state index contributed by atoms with van der Waals surface area (Å²) in [5, 5.41) is 3.14. The van der Waals surface area contributed by atoms with E-state index in [4.69, 9.17) is 10.5 Å². The van der Waals surface area contributed by atoms with Gasteiger partial charge in [0.1, 0.15) is 5.75 Å². The third kappa shape index (κ3) is 3.00. The van der Waals surface area contributed by atoms with E-state index < -0.39 is 0 Å². The Balaban J connectivity index is 2.14. The maximum atomic E-state index is 12.3. The first-order valence-electron chi connectivity index (χ1n) is 6.94. The molecule has 1 amide bonds. The molecule has 19 heavy (non-hydrogen) atoms. The Morgan fingerprint density at radius 1 is 1.37 bits per heavy atom. The molecule has 0 spiro atoms. The van der Waals surface area contributed by atoms with Gasteiger partial charge in [-0.25, -0.2) is 0 Å². The minimum Gasteiger partial charge on any atom is -0.494 e. The zero-order chi connectivity index (χ0) is 13.9. The van der Waals surface area contributed by atoms with Gasteiger partial charge in [-0.1, -0.05) is 6.92 Å². The summed E-state index contributed by atoms with van der Waals surface area (Å²) in [7, 11) is 0. The molecule has 3 N–H and O–H groups in total. The summed E-state index contributed by atoms with van der Waals surface area (Å²) in [6, 6.07) is 5.18. The molecule has 4 heteroatoms. The number of hydrogen-bond donors (Lipinski definition) is 2. The molecule has 2 rings (SSSR count). The summed E-state index contributed by atoms with van der Waals surface area (Å²) in [5.41, 5.74) is 6.93. The highest BCUT2D eigenvalue weighted by Gasteiger charge is 2.36. The quantitative estimate of drug-likeness (QED) is 0.802. The Morgan fingerprint density at radius 2 is 2.11 bits per heavy atom. The molecule has 1 aliphatic carbocycles. The normalized spacial score (nSPS) is 16.5. The number of ether oxygens (including phenoxy) is 1. The summed E-state index contributed by atoms with van der Waals surface area (Å²) in [4.78, 5) is 12.3. The molecule has 1 aliphatic rings. The zero-order valence-corrected chi connectivity index (χ0v) is 11.7. The first kappa shape index (κ1) is 13.7. The average molecular weight is 262 g/mol. The van der Waals surface area contributed by atoms with Crippen molar-refractivity contribution in [2.45, 2.75) is 45.1 Å². The van der Waals surface area contributed by atoms with E-state index in [-0.39, 0.29) is 11.4 Å². The number of nitrogens with one attached hydrogen (secondary N) is 1. The molecular weight excluding hydrogens is 240 g/mol. The van der Waals surface area contributed by atoms with E-state index in [9.17, 15) is 4.79 Å². The fraction of sp³-hybridized carbons (Fsp3) is 0.533. The second-order valence-electron chi connectivity index (χ2n) is 5.17. The number of nitrogens with two attached hydrogens (primary N) is 1. The van der Waals surface area contributed by atoms with E-state index in [1.54, 1.807) is 18.2 Å². The number of anilines is 1. The van der Waals surface area contributed by atoms with E-state index in [1.165, 1.54) is 6.42 Å². The van der Waals surface area contributed by atoms with Crippen LogP contribution in [0.5, 0.6) is 5.75 Å². The molecule has 0 heterocycles. The van der Waals surface area contributed by atoms with Gasteiger partial charge < -0.3 is 15.8 Å². The van der Waals surface area contributed by atoms with Crippen LogP contribution in [0.15, 0.2) is 18.2 Å². The lowest BCUT2D eigenvalue weighted by Gasteiger charge is -2.42. The molecule has 1 aromatic carbocycles. The summed E-state index contributed by atoms with van der Waals surface area (Å²) >= 11 is 0. The summed E-state index contributed by atoms with van der Waals surface area (Å²) in [5.74, 6) is 0.585. The highest BCUT2D eigenvalue weighted by Crippen LogP contribution is 2.35. The number of carbonyl (C=O) groups is 1. The standard InChI is InChI=1S/C15H22N2O2/c1-3-15(6-5-7-15)17-14(18)11-8-12(16)10-13(9-11)19-4-2/h8-10H,3-7,16H2,1-2H3,(H,17,18). The van der Waals surface area contributed by atoms with Crippen LogP contribution in [0, 0.1) is 0 Å². The molecule has 104 valence electrons. The Bertz CT molecular complexity index is 462. The van der Waals surface area contributed by atoms with Crippen molar-refractivity contribution >= 4 is 11.6 Å². The van der Waals surface area contributed by atoms with Crippen LogP contribution in [-0.2, 0) is 0 Å². The van der Waals surface area contributed by atoms with Crippen molar-refractivity contribution in [1.82, 2.24) is 5.32 Å². The van der Waals surface area contributed by atoms with Gasteiger partial charge in [-0.05, 0) is 44.7 Å². The van der Waals surface area contributed by atoms with Gasteiger partial charge >= 0.3 is 0 Å². The number of hydrogen-bond acceptors (Lipinski definition) is 3. The van der Waals surface area contributed by atoms with E-state index in [2.05, 4.69) is 12.2 Å². The summed E-state index contributed by atoms with van der Waals surface area (Å²) < 4.78 is 5.41. The van der Waals surface area contributed by atoms with Crippen molar-refractivity contribution in [3.05, 3.63) is 23.8 Å². The van der Waals surface area contributed by atoms with Crippen LogP contribution in [0.2, 0.25) is 0 Å². The fourth-order valence-corrected chi connectivity index (χ4v) is 2.49. The van der Waals surface area contributed by atoms with Gasteiger partial charge in [-0.15, -0.1) is 0 Å². The van der Waals surface area contributed by atoms with Crippen molar-refractivity contribution in [3.63, 3.8) is 0 Å². The first-order valence-corrected chi connectivity index (χ1v) is 6.94. The van der Waals surface area contributed by atoms with E-state index in [0.717, 1.165) is 19.3 Å². The lowest BCUT2D eigenvalue weighted by molar-refractivity contribution is 0.0820. The minimum atomic E-state index is -0.0604. The molecule has 4 nitrogen and oxygen atoms in total. The first-order chi connectivity index (χ1) is 9.08. The Labute approximate surface area is 114 Å². The second-order valence-corrected chi connectivity index (χ2v) is 5.17. The lowest BCUT2D eigenvalue weighted by Crippen LogP contribution is -2.52. The van der Waals surface area contributed by atoms with E-state index in [1.807, 2.05) is 6.92 Å². The van der Waals surface area contributed by atoms with Crippen LogP contribution in [0.4, 0.5) is 5.69 Å². The number of nitrogen functional groups attached to an aromatic ring is 1. The van der Waals surface area contributed by atoms with Crippen LogP contribution >= 0.6 is 0 Å². The number of benzene rings is 1. The Hall–Kier alpha value is -1.71. The number of rotatable bonds is 5. The molecule has 1 fully saturated rings. The van der Waals surface area contributed by atoms with E-state index >= 15 is 0 Å². The number of carbonyl (C=O) groups excluding carboxylic acids is 1. The second kappa shape index (κ2) is 5.51. The Kier molecular flexibility index (Phi) is 3.98. The lowest BCUT2D eigenvalue weighted by atomic mass is 9.74. The van der Waals surface area contributed by atoms with Crippen molar-refractivity contribution in [2.75, 3.05) is 12.3 Å².